The molecule has 25 heavy (non-hydrogen) atoms. The molecule has 2 saturated heterocycles. The second-order valence-corrected chi connectivity index (χ2v) is 6.76. The van der Waals surface area contributed by atoms with Crippen LogP contribution < -0.4 is 5.32 Å². The average molecular weight is 344 g/mol. The maximum atomic E-state index is 13.0. The van der Waals surface area contributed by atoms with Crippen molar-refractivity contribution in [1.29, 1.82) is 0 Å². The SMILES string of the molecule is CCNC(=O)N1CCN(C(=O)[C@@H]2CCCN2Cc2ccccc2)CC1. The molecule has 0 spiro atoms. The summed E-state index contributed by atoms with van der Waals surface area (Å²) in [5.41, 5.74) is 1.25. The zero-order valence-electron chi connectivity index (χ0n) is 15.0. The van der Waals surface area contributed by atoms with Crippen molar-refractivity contribution >= 4 is 11.9 Å². The van der Waals surface area contributed by atoms with Gasteiger partial charge in [-0.05, 0) is 31.9 Å². The molecule has 1 aromatic carbocycles. The first-order valence-electron chi connectivity index (χ1n) is 9.28. The molecule has 3 amide bonds. The number of carbonyl (C=O) groups is 2. The van der Waals surface area contributed by atoms with E-state index in [2.05, 4.69) is 22.3 Å². The minimum absolute atomic E-state index is 0.0174. The molecule has 0 aromatic heterocycles. The van der Waals surface area contributed by atoms with Crippen molar-refractivity contribution in [2.45, 2.75) is 32.4 Å². The highest BCUT2D eigenvalue weighted by Crippen LogP contribution is 2.22. The fourth-order valence-electron chi connectivity index (χ4n) is 3.72. The van der Waals surface area contributed by atoms with E-state index in [1.165, 1.54) is 5.56 Å². The Labute approximate surface area is 149 Å². The van der Waals surface area contributed by atoms with Crippen molar-refractivity contribution in [2.24, 2.45) is 0 Å². The van der Waals surface area contributed by atoms with Gasteiger partial charge in [0.2, 0.25) is 5.91 Å². The van der Waals surface area contributed by atoms with Gasteiger partial charge in [-0.15, -0.1) is 0 Å². The molecule has 2 aliphatic heterocycles. The standard InChI is InChI=1S/C19H28N4O2/c1-2-20-19(25)22-13-11-21(12-14-22)18(24)17-9-6-10-23(17)15-16-7-4-3-5-8-16/h3-5,7-8,17H,2,6,9-15H2,1H3,(H,20,25)/t17-/m0/s1. The largest absolute Gasteiger partial charge is 0.338 e. The van der Waals surface area contributed by atoms with Crippen LogP contribution in [0.5, 0.6) is 0 Å². The number of amides is 3. The number of nitrogens with zero attached hydrogens (tertiary/aromatic N) is 3. The summed E-state index contributed by atoms with van der Waals surface area (Å²) in [6, 6.07) is 10.3. The number of hydrogen-bond donors (Lipinski definition) is 1. The van der Waals surface area contributed by atoms with Crippen LogP contribution in [0.15, 0.2) is 30.3 Å². The van der Waals surface area contributed by atoms with E-state index in [1.54, 1.807) is 4.90 Å². The first-order valence-corrected chi connectivity index (χ1v) is 9.28. The Morgan fingerprint density at radius 1 is 1.04 bits per heavy atom. The lowest BCUT2D eigenvalue weighted by Gasteiger charge is -2.37. The van der Waals surface area contributed by atoms with Crippen LogP contribution in [0.2, 0.25) is 0 Å². The van der Waals surface area contributed by atoms with Gasteiger partial charge in [0, 0.05) is 39.3 Å². The summed E-state index contributed by atoms with van der Waals surface area (Å²) in [6.45, 7) is 6.84. The van der Waals surface area contributed by atoms with Gasteiger partial charge >= 0.3 is 6.03 Å². The van der Waals surface area contributed by atoms with Crippen molar-refractivity contribution in [3.8, 4) is 0 Å². The van der Waals surface area contributed by atoms with E-state index in [0.717, 1.165) is 25.9 Å². The fourth-order valence-corrected chi connectivity index (χ4v) is 3.72. The van der Waals surface area contributed by atoms with Crippen LogP contribution in [0.4, 0.5) is 4.79 Å². The van der Waals surface area contributed by atoms with Crippen LogP contribution in [0, 0.1) is 0 Å². The van der Waals surface area contributed by atoms with Crippen molar-refractivity contribution in [1.82, 2.24) is 20.0 Å². The molecule has 0 aliphatic carbocycles. The van der Waals surface area contributed by atoms with Crippen LogP contribution >= 0.6 is 0 Å². The molecule has 3 rings (SSSR count). The summed E-state index contributed by atoms with van der Waals surface area (Å²) in [4.78, 5) is 30.9. The Hall–Kier alpha value is -2.08. The number of carbonyl (C=O) groups excluding carboxylic acids is 2. The van der Waals surface area contributed by atoms with Gasteiger partial charge in [0.05, 0.1) is 6.04 Å². The van der Waals surface area contributed by atoms with Gasteiger partial charge in [0.1, 0.15) is 0 Å². The summed E-state index contributed by atoms with van der Waals surface area (Å²) in [5, 5.41) is 2.82. The highest BCUT2D eigenvalue weighted by atomic mass is 16.2. The maximum Gasteiger partial charge on any atom is 0.317 e. The van der Waals surface area contributed by atoms with Crippen molar-refractivity contribution in [3.63, 3.8) is 0 Å². The second-order valence-electron chi connectivity index (χ2n) is 6.76. The van der Waals surface area contributed by atoms with Crippen LogP contribution in [-0.2, 0) is 11.3 Å². The lowest BCUT2D eigenvalue weighted by Crippen LogP contribution is -2.56. The van der Waals surface area contributed by atoms with Gasteiger partial charge in [0.15, 0.2) is 0 Å². The predicted molar refractivity (Wildman–Crippen MR) is 97.1 cm³/mol. The number of benzene rings is 1. The highest BCUT2D eigenvalue weighted by Gasteiger charge is 2.35. The highest BCUT2D eigenvalue weighted by molar-refractivity contribution is 5.82. The molecule has 1 N–H and O–H groups in total. The average Bonchev–Trinajstić information content (AvgIpc) is 3.10. The van der Waals surface area contributed by atoms with E-state index in [9.17, 15) is 9.59 Å². The van der Waals surface area contributed by atoms with E-state index < -0.39 is 0 Å². The Bertz CT molecular complexity index is 584. The Morgan fingerprint density at radius 3 is 2.40 bits per heavy atom. The molecule has 2 fully saturated rings. The van der Waals surface area contributed by atoms with E-state index in [4.69, 9.17) is 0 Å². The molecule has 6 heteroatoms. The summed E-state index contributed by atoms with van der Waals surface area (Å²) in [5.74, 6) is 0.226. The summed E-state index contributed by atoms with van der Waals surface area (Å²) < 4.78 is 0. The number of rotatable bonds is 4. The van der Waals surface area contributed by atoms with Gasteiger partial charge < -0.3 is 15.1 Å². The van der Waals surface area contributed by atoms with Gasteiger partial charge in [-0.2, -0.15) is 0 Å². The summed E-state index contributed by atoms with van der Waals surface area (Å²) >= 11 is 0. The first-order chi connectivity index (χ1) is 12.2. The van der Waals surface area contributed by atoms with E-state index in [0.29, 0.717) is 32.7 Å². The second kappa shape index (κ2) is 8.34. The number of likely N-dealkylation sites (tertiary alicyclic amines) is 1. The Morgan fingerprint density at radius 2 is 1.72 bits per heavy atom. The van der Waals surface area contributed by atoms with Crippen molar-refractivity contribution < 1.29 is 9.59 Å². The fraction of sp³-hybridized carbons (Fsp3) is 0.579. The number of piperazine rings is 1. The molecule has 6 nitrogen and oxygen atoms in total. The quantitative estimate of drug-likeness (QED) is 0.901. The first kappa shape index (κ1) is 17.7. The molecule has 0 saturated carbocycles. The van der Waals surface area contributed by atoms with E-state index >= 15 is 0 Å². The normalized spacial score (nSPS) is 21.4. The predicted octanol–water partition coefficient (Wildman–Crippen LogP) is 1.52. The van der Waals surface area contributed by atoms with Crippen molar-refractivity contribution in [3.05, 3.63) is 35.9 Å². The Balaban J connectivity index is 1.55. The molecule has 0 unspecified atom stereocenters. The monoisotopic (exact) mass is 344 g/mol. The lowest BCUT2D eigenvalue weighted by atomic mass is 10.1. The molecule has 2 aliphatic rings. The molecule has 0 radical (unpaired) electrons. The smallest absolute Gasteiger partial charge is 0.317 e. The van der Waals surface area contributed by atoms with Crippen LogP contribution in [0.25, 0.3) is 0 Å². The van der Waals surface area contributed by atoms with E-state index in [1.807, 2.05) is 30.0 Å². The molecule has 2 heterocycles. The third kappa shape index (κ3) is 4.31. The van der Waals surface area contributed by atoms with Crippen molar-refractivity contribution in [2.75, 3.05) is 39.3 Å². The zero-order chi connectivity index (χ0) is 17.6. The molecular weight excluding hydrogens is 316 g/mol. The van der Waals surface area contributed by atoms with Gasteiger partial charge in [0.25, 0.3) is 0 Å². The van der Waals surface area contributed by atoms with Crippen LogP contribution in [0.3, 0.4) is 0 Å². The summed E-state index contributed by atoms with van der Waals surface area (Å²) in [6.07, 6.45) is 2.00. The third-order valence-electron chi connectivity index (χ3n) is 5.08. The molecule has 1 atom stereocenters. The van der Waals surface area contributed by atoms with Crippen LogP contribution in [-0.4, -0.2) is 71.9 Å². The van der Waals surface area contributed by atoms with E-state index in [-0.39, 0.29) is 18.0 Å². The van der Waals surface area contributed by atoms with Gasteiger partial charge in [-0.25, -0.2) is 4.79 Å². The maximum absolute atomic E-state index is 13.0. The topological polar surface area (TPSA) is 55.9 Å². The summed E-state index contributed by atoms with van der Waals surface area (Å²) in [7, 11) is 0. The number of urea groups is 1. The van der Waals surface area contributed by atoms with Crippen LogP contribution in [0.1, 0.15) is 25.3 Å². The van der Waals surface area contributed by atoms with Gasteiger partial charge in [-0.1, -0.05) is 30.3 Å². The van der Waals surface area contributed by atoms with Gasteiger partial charge in [-0.3, -0.25) is 9.69 Å². The number of nitrogens with one attached hydrogen (secondary N) is 1. The minimum Gasteiger partial charge on any atom is -0.338 e. The third-order valence-corrected chi connectivity index (χ3v) is 5.08. The number of hydrogen-bond acceptors (Lipinski definition) is 3. The zero-order valence-corrected chi connectivity index (χ0v) is 15.0. The lowest BCUT2D eigenvalue weighted by molar-refractivity contribution is -0.137. The molecule has 0 bridgehead atoms. The minimum atomic E-state index is -0.0267. The molecular formula is C19H28N4O2. The molecule has 1 aromatic rings. The Kier molecular flexibility index (Phi) is 5.91. The molecule has 136 valence electrons.